The minimum Gasteiger partial charge on any atom is -0.381 e. The Morgan fingerprint density at radius 3 is 2.74 bits per heavy atom. The summed E-state index contributed by atoms with van der Waals surface area (Å²) in [4.78, 5) is 11.9. The molecule has 1 unspecified atom stereocenters. The van der Waals surface area contributed by atoms with Crippen molar-refractivity contribution in [3.8, 4) is 0 Å². The lowest BCUT2D eigenvalue weighted by Crippen LogP contribution is -2.47. The fourth-order valence-corrected chi connectivity index (χ4v) is 2.11. The molecule has 1 saturated heterocycles. The Morgan fingerprint density at radius 2 is 2.11 bits per heavy atom. The van der Waals surface area contributed by atoms with Gasteiger partial charge in [-0.25, -0.2) is 0 Å². The fraction of sp³-hybridized carbons (Fsp3) is 0.929. The van der Waals surface area contributed by atoms with Crippen LogP contribution in [0.5, 0.6) is 0 Å². The van der Waals surface area contributed by atoms with Crippen molar-refractivity contribution in [2.45, 2.75) is 39.2 Å². The van der Waals surface area contributed by atoms with Gasteiger partial charge in [-0.15, -0.1) is 0 Å². The molecule has 0 saturated carbocycles. The highest BCUT2D eigenvalue weighted by atomic mass is 16.5. The molecule has 5 nitrogen and oxygen atoms in total. The molecule has 1 rings (SSSR count). The van der Waals surface area contributed by atoms with Crippen molar-refractivity contribution < 1.29 is 14.3 Å². The fourth-order valence-electron chi connectivity index (χ4n) is 2.11. The van der Waals surface area contributed by atoms with Gasteiger partial charge in [-0.2, -0.15) is 0 Å². The zero-order valence-electron chi connectivity index (χ0n) is 12.2. The van der Waals surface area contributed by atoms with Gasteiger partial charge in [0.2, 0.25) is 5.91 Å². The van der Waals surface area contributed by atoms with E-state index in [1.54, 1.807) is 0 Å². The number of nitrogens with one attached hydrogen (secondary N) is 1. The van der Waals surface area contributed by atoms with Crippen molar-refractivity contribution in [2.75, 3.05) is 33.0 Å². The molecule has 1 aliphatic rings. The van der Waals surface area contributed by atoms with E-state index in [0.29, 0.717) is 32.3 Å². The van der Waals surface area contributed by atoms with Gasteiger partial charge in [0, 0.05) is 33.0 Å². The standard InChI is InChI=1S/C14H28N2O3/c1-11(2)10-19-7-3-6-16-14(17)13(15)12-4-8-18-9-5-12/h11-13H,3-10,15H2,1-2H3,(H,16,17). The van der Waals surface area contributed by atoms with Crippen LogP contribution in [0.2, 0.25) is 0 Å². The van der Waals surface area contributed by atoms with E-state index < -0.39 is 6.04 Å². The molecule has 0 aromatic carbocycles. The van der Waals surface area contributed by atoms with E-state index in [-0.39, 0.29) is 11.8 Å². The lowest BCUT2D eigenvalue weighted by Gasteiger charge is -2.26. The van der Waals surface area contributed by atoms with Gasteiger partial charge >= 0.3 is 0 Å². The summed E-state index contributed by atoms with van der Waals surface area (Å²) >= 11 is 0. The SMILES string of the molecule is CC(C)COCCCNC(=O)C(N)C1CCOCC1. The van der Waals surface area contributed by atoms with Crippen LogP contribution in [-0.4, -0.2) is 44.9 Å². The molecule has 1 heterocycles. The molecule has 0 bridgehead atoms. The van der Waals surface area contributed by atoms with Crippen LogP contribution in [0.4, 0.5) is 0 Å². The summed E-state index contributed by atoms with van der Waals surface area (Å²) in [6.45, 7) is 7.76. The van der Waals surface area contributed by atoms with Crippen molar-refractivity contribution >= 4 is 5.91 Å². The second kappa shape index (κ2) is 9.28. The van der Waals surface area contributed by atoms with Crippen LogP contribution < -0.4 is 11.1 Å². The van der Waals surface area contributed by atoms with Crippen LogP contribution in [0.1, 0.15) is 33.1 Å². The van der Waals surface area contributed by atoms with Crippen molar-refractivity contribution in [1.29, 1.82) is 0 Å². The number of nitrogens with two attached hydrogens (primary N) is 1. The molecule has 19 heavy (non-hydrogen) atoms. The molecule has 0 aliphatic carbocycles. The van der Waals surface area contributed by atoms with E-state index in [9.17, 15) is 4.79 Å². The van der Waals surface area contributed by atoms with Crippen LogP contribution in [0.25, 0.3) is 0 Å². The molecule has 1 aliphatic heterocycles. The number of carbonyl (C=O) groups is 1. The second-order valence-corrected chi connectivity index (χ2v) is 5.59. The minimum atomic E-state index is -0.402. The average Bonchev–Trinajstić information content (AvgIpc) is 2.42. The van der Waals surface area contributed by atoms with E-state index in [1.165, 1.54) is 0 Å². The van der Waals surface area contributed by atoms with Crippen LogP contribution in [0, 0.1) is 11.8 Å². The Labute approximate surface area is 116 Å². The number of hydrogen-bond donors (Lipinski definition) is 2. The number of carbonyl (C=O) groups excluding carboxylic acids is 1. The van der Waals surface area contributed by atoms with Gasteiger partial charge in [0.15, 0.2) is 0 Å². The number of amides is 1. The van der Waals surface area contributed by atoms with Crippen molar-refractivity contribution in [3.05, 3.63) is 0 Å². The lowest BCUT2D eigenvalue weighted by molar-refractivity contribution is -0.124. The van der Waals surface area contributed by atoms with Gasteiger partial charge in [0.05, 0.1) is 6.04 Å². The van der Waals surface area contributed by atoms with Gasteiger partial charge in [-0.05, 0) is 31.1 Å². The molecule has 0 spiro atoms. The molecular weight excluding hydrogens is 244 g/mol. The Bertz CT molecular complexity index is 253. The summed E-state index contributed by atoms with van der Waals surface area (Å²) in [6.07, 6.45) is 2.59. The Hall–Kier alpha value is -0.650. The number of hydrogen-bond acceptors (Lipinski definition) is 4. The van der Waals surface area contributed by atoms with Gasteiger partial charge in [0.25, 0.3) is 0 Å². The molecule has 1 atom stereocenters. The zero-order valence-corrected chi connectivity index (χ0v) is 12.2. The van der Waals surface area contributed by atoms with Gasteiger partial charge in [-0.1, -0.05) is 13.8 Å². The molecule has 1 amide bonds. The smallest absolute Gasteiger partial charge is 0.237 e. The van der Waals surface area contributed by atoms with Gasteiger partial charge < -0.3 is 20.5 Å². The minimum absolute atomic E-state index is 0.0456. The zero-order chi connectivity index (χ0) is 14.1. The molecule has 1 fully saturated rings. The van der Waals surface area contributed by atoms with E-state index in [1.807, 2.05) is 0 Å². The quantitative estimate of drug-likeness (QED) is 0.644. The third-order valence-electron chi connectivity index (χ3n) is 3.29. The van der Waals surface area contributed by atoms with Crippen LogP contribution >= 0.6 is 0 Å². The average molecular weight is 272 g/mol. The molecule has 3 N–H and O–H groups in total. The highest BCUT2D eigenvalue weighted by Crippen LogP contribution is 2.17. The topological polar surface area (TPSA) is 73.6 Å². The third kappa shape index (κ3) is 6.89. The highest BCUT2D eigenvalue weighted by molar-refractivity contribution is 5.81. The predicted molar refractivity (Wildman–Crippen MR) is 74.8 cm³/mol. The van der Waals surface area contributed by atoms with Crippen LogP contribution in [-0.2, 0) is 14.3 Å². The molecule has 0 aromatic heterocycles. The molecule has 5 heteroatoms. The van der Waals surface area contributed by atoms with Gasteiger partial charge in [-0.3, -0.25) is 4.79 Å². The largest absolute Gasteiger partial charge is 0.381 e. The first-order chi connectivity index (χ1) is 9.11. The van der Waals surface area contributed by atoms with Crippen molar-refractivity contribution in [1.82, 2.24) is 5.32 Å². The summed E-state index contributed by atoms with van der Waals surface area (Å²) in [5.74, 6) is 0.762. The monoisotopic (exact) mass is 272 g/mol. The lowest BCUT2D eigenvalue weighted by atomic mass is 9.92. The number of rotatable bonds is 8. The summed E-state index contributed by atoms with van der Waals surface area (Å²) in [6, 6.07) is -0.402. The number of ether oxygens (including phenoxy) is 2. The molecule has 112 valence electrons. The Morgan fingerprint density at radius 1 is 1.42 bits per heavy atom. The molecule has 0 aromatic rings. The summed E-state index contributed by atoms with van der Waals surface area (Å²) < 4.78 is 10.7. The maximum absolute atomic E-state index is 11.9. The van der Waals surface area contributed by atoms with Crippen molar-refractivity contribution in [3.63, 3.8) is 0 Å². The van der Waals surface area contributed by atoms with E-state index >= 15 is 0 Å². The van der Waals surface area contributed by atoms with Crippen molar-refractivity contribution in [2.24, 2.45) is 17.6 Å². The Balaban J connectivity index is 2.06. The highest BCUT2D eigenvalue weighted by Gasteiger charge is 2.26. The van der Waals surface area contributed by atoms with E-state index in [4.69, 9.17) is 15.2 Å². The van der Waals surface area contributed by atoms with Gasteiger partial charge in [0.1, 0.15) is 0 Å². The summed E-state index contributed by atoms with van der Waals surface area (Å²) in [7, 11) is 0. The summed E-state index contributed by atoms with van der Waals surface area (Å²) in [5.41, 5.74) is 5.97. The second-order valence-electron chi connectivity index (χ2n) is 5.59. The third-order valence-corrected chi connectivity index (χ3v) is 3.29. The maximum Gasteiger partial charge on any atom is 0.237 e. The molecule has 0 radical (unpaired) electrons. The first-order valence-corrected chi connectivity index (χ1v) is 7.30. The summed E-state index contributed by atoms with van der Waals surface area (Å²) in [5, 5.41) is 2.88. The maximum atomic E-state index is 11.9. The first kappa shape index (κ1) is 16.4. The van der Waals surface area contributed by atoms with E-state index in [0.717, 1.165) is 25.9 Å². The first-order valence-electron chi connectivity index (χ1n) is 7.30. The van der Waals surface area contributed by atoms with E-state index in [2.05, 4.69) is 19.2 Å². The van der Waals surface area contributed by atoms with Crippen LogP contribution in [0.3, 0.4) is 0 Å². The van der Waals surface area contributed by atoms with Crippen LogP contribution in [0.15, 0.2) is 0 Å². The Kier molecular flexibility index (Phi) is 8.02. The normalized spacial score (nSPS) is 18.5. The predicted octanol–water partition coefficient (Wildman–Crippen LogP) is 0.919. The molecular formula is C14H28N2O3.